The Hall–Kier alpha value is -2.22. The average molecular weight is 305 g/mol. The van der Waals surface area contributed by atoms with Crippen LogP contribution in [0, 0.1) is 5.41 Å². The van der Waals surface area contributed by atoms with Gasteiger partial charge >= 0.3 is 0 Å². The molecule has 3 heterocycles. The minimum Gasteiger partial charge on any atom is -0.396 e. The van der Waals surface area contributed by atoms with Gasteiger partial charge in [-0.3, -0.25) is 9.59 Å². The highest BCUT2D eigenvalue weighted by Gasteiger charge is 2.41. The molecule has 0 aromatic carbocycles. The van der Waals surface area contributed by atoms with Gasteiger partial charge in [0, 0.05) is 25.5 Å². The molecule has 0 saturated carbocycles. The van der Waals surface area contributed by atoms with E-state index in [9.17, 15) is 9.59 Å². The Morgan fingerprint density at radius 2 is 2.10 bits per heavy atom. The molecule has 1 atom stereocenters. The van der Waals surface area contributed by atoms with Crippen molar-refractivity contribution in [2.45, 2.75) is 13.3 Å². The third kappa shape index (κ3) is 2.11. The largest absolute Gasteiger partial charge is 0.396 e. The minimum absolute atomic E-state index is 0.192. The van der Waals surface area contributed by atoms with Crippen molar-refractivity contribution in [3.8, 4) is 0 Å². The summed E-state index contributed by atoms with van der Waals surface area (Å²) in [6.45, 7) is 2.59. The van der Waals surface area contributed by atoms with Crippen LogP contribution in [0.4, 0.5) is 5.69 Å². The summed E-state index contributed by atoms with van der Waals surface area (Å²) in [6, 6.07) is 0. The zero-order valence-corrected chi connectivity index (χ0v) is 12.3. The number of fused-ring (bicyclic) bond motifs is 1. The molecule has 2 aromatic rings. The van der Waals surface area contributed by atoms with E-state index in [0.29, 0.717) is 40.4 Å². The summed E-state index contributed by atoms with van der Waals surface area (Å²) >= 11 is 1.22. The van der Waals surface area contributed by atoms with Gasteiger partial charge < -0.3 is 16.4 Å². The second-order valence-electron chi connectivity index (χ2n) is 5.46. The molecule has 110 valence electrons. The molecule has 0 radical (unpaired) electrons. The first-order chi connectivity index (χ1) is 9.92. The number of nitrogen functional groups attached to an aromatic ring is 1. The number of aromatic nitrogens is 2. The average Bonchev–Trinajstić information content (AvgIpc) is 3.01. The van der Waals surface area contributed by atoms with Crippen LogP contribution in [0.2, 0.25) is 0 Å². The quantitative estimate of drug-likeness (QED) is 0.843. The monoisotopic (exact) mass is 305 g/mol. The summed E-state index contributed by atoms with van der Waals surface area (Å²) in [4.78, 5) is 35.1. The van der Waals surface area contributed by atoms with E-state index in [1.807, 2.05) is 0 Å². The van der Waals surface area contributed by atoms with Crippen molar-refractivity contribution in [2.24, 2.45) is 11.1 Å². The lowest BCUT2D eigenvalue weighted by Gasteiger charge is -2.20. The van der Waals surface area contributed by atoms with Crippen LogP contribution in [-0.4, -0.2) is 39.8 Å². The second kappa shape index (κ2) is 4.66. The lowest BCUT2D eigenvalue weighted by molar-refractivity contribution is -0.126. The lowest BCUT2D eigenvalue weighted by atomic mass is 9.89. The molecule has 1 saturated heterocycles. The fourth-order valence-electron chi connectivity index (χ4n) is 2.48. The van der Waals surface area contributed by atoms with E-state index in [-0.39, 0.29) is 11.8 Å². The predicted molar refractivity (Wildman–Crippen MR) is 79.6 cm³/mol. The molecule has 0 aliphatic carbocycles. The van der Waals surface area contributed by atoms with E-state index in [0.717, 1.165) is 0 Å². The Bertz CT molecular complexity index is 743. The summed E-state index contributed by atoms with van der Waals surface area (Å²) in [5, 5.41) is 0. The number of primary amides is 1. The summed E-state index contributed by atoms with van der Waals surface area (Å²) < 4.78 is 0. The van der Waals surface area contributed by atoms with Gasteiger partial charge in [0.05, 0.1) is 11.1 Å². The molecule has 2 amide bonds. The van der Waals surface area contributed by atoms with E-state index in [1.165, 1.54) is 11.3 Å². The summed E-state index contributed by atoms with van der Waals surface area (Å²) in [5.74, 6) is -0.576. The van der Waals surface area contributed by atoms with Gasteiger partial charge in [-0.2, -0.15) is 0 Å². The van der Waals surface area contributed by atoms with E-state index < -0.39 is 5.41 Å². The Labute approximate surface area is 125 Å². The zero-order valence-electron chi connectivity index (χ0n) is 11.5. The number of carbonyl (C=O) groups excluding carboxylic acids is 2. The molecular formula is C13H15N5O2S. The Morgan fingerprint density at radius 3 is 2.71 bits per heavy atom. The number of rotatable bonds is 2. The molecule has 1 aliphatic rings. The van der Waals surface area contributed by atoms with Crippen molar-refractivity contribution in [1.29, 1.82) is 0 Å². The molecule has 0 spiro atoms. The van der Waals surface area contributed by atoms with Gasteiger partial charge in [-0.15, -0.1) is 11.3 Å². The van der Waals surface area contributed by atoms with Crippen molar-refractivity contribution in [3.05, 3.63) is 17.3 Å². The molecule has 7 nitrogen and oxygen atoms in total. The van der Waals surface area contributed by atoms with E-state index in [2.05, 4.69) is 9.97 Å². The number of amides is 2. The fraction of sp³-hybridized carbons (Fsp3) is 0.385. The first-order valence-electron chi connectivity index (χ1n) is 6.50. The number of anilines is 1. The Kier molecular flexibility index (Phi) is 3.05. The molecule has 1 fully saturated rings. The van der Waals surface area contributed by atoms with Crippen molar-refractivity contribution >= 4 is 39.2 Å². The van der Waals surface area contributed by atoms with Gasteiger partial charge in [0.2, 0.25) is 5.91 Å². The summed E-state index contributed by atoms with van der Waals surface area (Å²) in [5.41, 5.74) is 11.6. The number of nitrogens with two attached hydrogens (primary N) is 2. The zero-order chi connectivity index (χ0) is 15.2. The Balaban J connectivity index is 1.92. The molecule has 1 aliphatic heterocycles. The lowest BCUT2D eigenvalue weighted by Crippen LogP contribution is -2.38. The molecule has 21 heavy (non-hydrogen) atoms. The Morgan fingerprint density at radius 1 is 1.38 bits per heavy atom. The van der Waals surface area contributed by atoms with Crippen molar-refractivity contribution in [3.63, 3.8) is 0 Å². The second-order valence-corrected chi connectivity index (χ2v) is 6.46. The maximum atomic E-state index is 12.6. The van der Waals surface area contributed by atoms with Crippen LogP contribution < -0.4 is 11.5 Å². The smallest absolute Gasteiger partial charge is 0.266 e. The summed E-state index contributed by atoms with van der Waals surface area (Å²) in [7, 11) is 0. The highest BCUT2D eigenvalue weighted by atomic mass is 32.1. The highest BCUT2D eigenvalue weighted by molar-refractivity contribution is 7.21. The number of likely N-dealkylation sites (tertiary alicyclic amines) is 1. The molecule has 1 unspecified atom stereocenters. The third-order valence-electron chi connectivity index (χ3n) is 3.91. The van der Waals surface area contributed by atoms with Crippen LogP contribution in [-0.2, 0) is 4.79 Å². The van der Waals surface area contributed by atoms with E-state index >= 15 is 0 Å². The van der Waals surface area contributed by atoms with Crippen LogP contribution in [0.15, 0.2) is 12.4 Å². The highest BCUT2D eigenvalue weighted by Crippen LogP contribution is 2.35. The first kappa shape index (κ1) is 13.7. The van der Waals surface area contributed by atoms with Crippen molar-refractivity contribution in [1.82, 2.24) is 14.9 Å². The molecular weight excluding hydrogens is 290 g/mol. The molecule has 4 N–H and O–H groups in total. The van der Waals surface area contributed by atoms with Crippen molar-refractivity contribution in [2.75, 3.05) is 18.8 Å². The fourth-order valence-corrected chi connectivity index (χ4v) is 3.47. The topological polar surface area (TPSA) is 115 Å². The van der Waals surface area contributed by atoms with E-state index in [1.54, 1.807) is 24.2 Å². The molecule has 3 rings (SSSR count). The number of thiophene rings is 1. The van der Waals surface area contributed by atoms with Crippen LogP contribution in [0.25, 0.3) is 10.3 Å². The third-order valence-corrected chi connectivity index (χ3v) is 5.00. The van der Waals surface area contributed by atoms with Gasteiger partial charge in [0.25, 0.3) is 5.91 Å². The molecule has 2 aromatic heterocycles. The van der Waals surface area contributed by atoms with Crippen LogP contribution in [0.5, 0.6) is 0 Å². The molecule has 8 heteroatoms. The van der Waals surface area contributed by atoms with Crippen LogP contribution in [0.1, 0.15) is 23.0 Å². The minimum atomic E-state index is -0.669. The maximum absolute atomic E-state index is 12.6. The molecule has 0 bridgehead atoms. The standard InChI is InChI=1S/C13H15N5O2S/c1-13(12(15)20)2-5-18(6-13)11(19)9-7(14)8-10(21-9)17-4-3-16-8/h3-4H,2,5-6,14H2,1H3,(H2,15,20). The normalized spacial score (nSPS) is 21.9. The van der Waals surface area contributed by atoms with Crippen LogP contribution in [0.3, 0.4) is 0 Å². The predicted octanol–water partition coefficient (Wildman–Crippen LogP) is 0.611. The summed E-state index contributed by atoms with van der Waals surface area (Å²) in [6.07, 6.45) is 3.67. The van der Waals surface area contributed by atoms with Gasteiger partial charge in [0.15, 0.2) is 0 Å². The van der Waals surface area contributed by atoms with Crippen LogP contribution >= 0.6 is 11.3 Å². The van der Waals surface area contributed by atoms with Gasteiger partial charge in [-0.1, -0.05) is 0 Å². The number of carbonyl (C=O) groups is 2. The maximum Gasteiger partial charge on any atom is 0.266 e. The first-order valence-corrected chi connectivity index (χ1v) is 7.32. The number of hydrogen-bond donors (Lipinski definition) is 2. The van der Waals surface area contributed by atoms with Gasteiger partial charge in [-0.05, 0) is 13.3 Å². The number of hydrogen-bond acceptors (Lipinski definition) is 6. The van der Waals surface area contributed by atoms with Gasteiger partial charge in [0.1, 0.15) is 15.2 Å². The van der Waals surface area contributed by atoms with E-state index in [4.69, 9.17) is 11.5 Å². The van der Waals surface area contributed by atoms with Crippen molar-refractivity contribution < 1.29 is 9.59 Å². The SMILES string of the molecule is CC1(C(N)=O)CCN(C(=O)c2sc3nccnc3c2N)C1. The van der Waals surface area contributed by atoms with Gasteiger partial charge in [-0.25, -0.2) is 9.97 Å². The number of nitrogens with zero attached hydrogens (tertiary/aromatic N) is 3.